The second-order valence-electron chi connectivity index (χ2n) is 6.38. The highest BCUT2D eigenvalue weighted by atomic mass is 32.2. The van der Waals surface area contributed by atoms with Crippen LogP contribution in [0.5, 0.6) is 11.5 Å². The lowest BCUT2D eigenvalue weighted by Crippen LogP contribution is -1.95. The Kier molecular flexibility index (Phi) is 4.07. The molecule has 0 saturated carbocycles. The molecule has 1 N–H and O–H groups in total. The van der Waals surface area contributed by atoms with Gasteiger partial charge >= 0.3 is 0 Å². The first-order valence-corrected chi connectivity index (χ1v) is 9.68. The molecule has 4 aromatic carbocycles. The molecule has 0 unspecified atom stereocenters. The molecule has 2 nitrogen and oxygen atoms in total. The quantitative estimate of drug-likeness (QED) is 0.360. The number of nitrogens with one attached hydrogen (secondary N) is 1. The zero-order valence-electron chi connectivity index (χ0n) is 14.6. The van der Waals surface area contributed by atoms with E-state index < -0.39 is 0 Å². The highest BCUT2D eigenvalue weighted by Crippen LogP contribution is 2.47. The first-order chi connectivity index (χ1) is 13.3. The number of fused-ring (bicyclic) bond motifs is 2. The van der Waals surface area contributed by atoms with Crippen molar-refractivity contribution in [2.75, 3.05) is 5.32 Å². The molecule has 0 bridgehead atoms. The second kappa shape index (κ2) is 6.86. The number of hydrogen-bond acceptors (Lipinski definition) is 3. The molecule has 4 aromatic rings. The lowest BCUT2D eigenvalue weighted by Gasteiger charge is -2.20. The smallest absolute Gasteiger partial charge is 0.141 e. The van der Waals surface area contributed by atoms with Crippen LogP contribution in [0.1, 0.15) is 0 Å². The van der Waals surface area contributed by atoms with Gasteiger partial charge in [-0.2, -0.15) is 0 Å². The Morgan fingerprint density at radius 3 is 2.07 bits per heavy atom. The zero-order valence-corrected chi connectivity index (χ0v) is 15.4. The van der Waals surface area contributed by atoms with Crippen LogP contribution in [-0.4, -0.2) is 0 Å². The second-order valence-corrected chi connectivity index (χ2v) is 7.46. The van der Waals surface area contributed by atoms with Crippen molar-refractivity contribution < 1.29 is 4.74 Å². The van der Waals surface area contributed by atoms with Crippen molar-refractivity contribution in [1.82, 2.24) is 0 Å². The van der Waals surface area contributed by atoms with Crippen molar-refractivity contribution in [2.45, 2.75) is 9.79 Å². The minimum Gasteiger partial charge on any atom is -0.455 e. The van der Waals surface area contributed by atoms with Crippen LogP contribution >= 0.6 is 11.8 Å². The van der Waals surface area contributed by atoms with Gasteiger partial charge in [0, 0.05) is 11.4 Å². The number of anilines is 2. The summed E-state index contributed by atoms with van der Waals surface area (Å²) in [6.45, 7) is 0. The fraction of sp³-hybridized carbons (Fsp3) is 0. The van der Waals surface area contributed by atoms with Gasteiger partial charge < -0.3 is 10.1 Å². The molecule has 130 valence electrons. The first kappa shape index (κ1) is 16.0. The van der Waals surface area contributed by atoms with E-state index in [2.05, 4.69) is 66.0 Å². The van der Waals surface area contributed by atoms with E-state index in [1.807, 2.05) is 36.4 Å². The highest BCUT2D eigenvalue weighted by Gasteiger charge is 2.17. The number of para-hydroxylation sites is 2. The van der Waals surface area contributed by atoms with Gasteiger partial charge in [0.1, 0.15) is 11.5 Å². The van der Waals surface area contributed by atoms with Crippen molar-refractivity contribution >= 4 is 23.1 Å². The van der Waals surface area contributed by atoms with Crippen LogP contribution in [0, 0.1) is 0 Å². The monoisotopic (exact) mass is 367 g/mol. The third kappa shape index (κ3) is 3.29. The summed E-state index contributed by atoms with van der Waals surface area (Å²) in [5.74, 6) is 1.85. The fourth-order valence-corrected chi connectivity index (χ4v) is 4.13. The van der Waals surface area contributed by atoms with Gasteiger partial charge in [-0.05, 0) is 59.7 Å². The maximum absolute atomic E-state index is 6.02. The number of benzene rings is 4. The average molecular weight is 367 g/mol. The van der Waals surface area contributed by atoms with Crippen LogP contribution in [0.4, 0.5) is 11.4 Å². The molecule has 0 spiro atoms. The summed E-state index contributed by atoms with van der Waals surface area (Å²) in [6.07, 6.45) is 0. The lowest BCUT2D eigenvalue weighted by molar-refractivity contribution is 0.454. The largest absolute Gasteiger partial charge is 0.455 e. The molecule has 0 amide bonds. The van der Waals surface area contributed by atoms with Gasteiger partial charge in [-0.15, -0.1) is 0 Å². The van der Waals surface area contributed by atoms with E-state index in [9.17, 15) is 0 Å². The van der Waals surface area contributed by atoms with Crippen LogP contribution in [0.2, 0.25) is 0 Å². The molecule has 0 fully saturated rings. The van der Waals surface area contributed by atoms with E-state index in [1.165, 1.54) is 11.1 Å². The van der Waals surface area contributed by atoms with E-state index >= 15 is 0 Å². The first-order valence-electron chi connectivity index (χ1n) is 8.86. The van der Waals surface area contributed by atoms with Crippen LogP contribution in [0.25, 0.3) is 11.1 Å². The predicted octanol–water partition coefficient (Wildman–Crippen LogP) is 7.35. The summed E-state index contributed by atoms with van der Waals surface area (Å²) in [7, 11) is 0. The maximum atomic E-state index is 6.02. The summed E-state index contributed by atoms with van der Waals surface area (Å²) in [5, 5.41) is 3.42. The number of rotatable bonds is 3. The van der Waals surface area contributed by atoms with E-state index in [4.69, 9.17) is 4.74 Å². The molecule has 0 atom stereocenters. The van der Waals surface area contributed by atoms with Gasteiger partial charge in [0.05, 0.1) is 9.79 Å². The van der Waals surface area contributed by atoms with Gasteiger partial charge in [0.15, 0.2) is 0 Å². The van der Waals surface area contributed by atoms with Gasteiger partial charge in [-0.25, -0.2) is 0 Å². The van der Waals surface area contributed by atoms with Crippen molar-refractivity contribution in [3.8, 4) is 22.6 Å². The Morgan fingerprint density at radius 2 is 1.22 bits per heavy atom. The molecular formula is C24H17NOS. The molecule has 27 heavy (non-hydrogen) atoms. The molecule has 1 heterocycles. The third-order valence-corrected chi connectivity index (χ3v) is 5.61. The van der Waals surface area contributed by atoms with E-state index in [0.717, 1.165) is 32.7 Å². The molecule has 3 heteroatoms. The SMILES string of the molecule is c1ccc(Nc2ccc(-c3ccc4c(c3)Sc3ccccc3O4)cc2)cc1. The fourth-order valence-electron chi connectivity index (χ4n) is 3.14. The minimum absolute atomic E-state index is 0.921. The Balaban J connectivity index is 1.39. The van der Waals surface area contributed by atoms with Gasteiger partial charge in [0.2, 0.25) is 0 Å². The van der Waals surface area contributed by atoms with Crippen LogP contribution in [0.15, 0.2) is 107 Å². The van der Waals surface area contributed by atoms with E-state index in [-0.39, 0.29) is 0 Å². The minimum atomic E-state index is 0.921. The predicted molar refractivity (Wildman–Crippen MR) is 112 cm³/mol. The molecule has 0 aliphatic carbocycles. The van der Waals surface area contributed by atoms with Crippen molar-refractivity contribution in [3.05, 3.63) is 97.1 Å². The molecular weight excluding hydrogens is 350 g/mol. The van der Waals surface area contributed by atoms with E-state index in [0.29, 0.717) is 0 Å². The molecule has 1 aliphatic heterocycles. The Hall–Kier alpha value is -3.17. The van der Waals surface area contributed by atoms with Crippen molar-refractivity contribution in [2.24, 2.45) is 0 Å². The molecule has 0 radical (unpaired) electrons. The van der Waals surface area contributed by atoms with Gasteiger partial charge in [0.25, 0.3) is 0 Å². The highest BCUT2D eigenvalue weighted by molar-refractivity contribution is 7.99. The summed E-state index contributed by atoms with van der Waals surface area (Å²) in [5.41, 5.74) is 4.55. The topological polar surface area (TPSA) is 21.3 Å². The summed E-state index contributed by atoms with van der Waals surface area (Å²) in [6, 6.07) is 33.3. The Labute approximate surface area is 162 Å². The van der Waals surface area contributed by atoms with E-state index in [1.54, 1.807) is 11.8 Å². The zero-order chi connectivity index (χ0) is 18.1. The summed E-state index contributed by atoms with van der Waals surface area (Å²) >= 11 is 1.76. The Morgan fingerprint density at radius 1 is 0.556 bits per heavy atom. The average Bonchev–Trinajstić information content (AvgIpc) is 2.73. The summed E-state index contributed by atoms with van der Waals surface area (Å²) in [4.78, 5) is 2.31. The van der Waals surface area contributed by atoms with Gasteiger partial charge in [-0.3, -0.25) is 0 Å². The van der Waals surface area contributed by atoms with Crippen LogP contribution in [-0.2, 0) is 0 Å². The van der Waals surface area contributed by atoms with Crippen molar-refractivity contribution in [3.63, 3.8) is 0 Å². The van der Waals surface area contributed by atoms with Crippen LogP contribution < -0.4 is 10.1 Å². The molecule has 0 aromatic heterocycles. The summed E-state index contributed by atoms with van der Waals surface area (Å²) < 4.78 is 6.02. The van der Waals surface area contributed by atoms with Crippen molar-refractivity contribution in [1.29, 1.82) is 0 Å². The maximum Gasteiger partial charge on any atom is 0.141 e. The third-order valence-electron chi connectivity index (χ3n) is 4.51. The molecule has 0 saturated heterocycles. The number of hydrogen-bond donors (Lipinski definition) is 1. The normalized spacial score (nSPS) is 11.9. The standard InChI is InChI=1S/C24H17NOS/c1-2-6-19(7-3-1)25-20-13-10-17(11-14-20)18-12-15-22-24(16-18)27-23-9-5-4-8-21(23)26-22/h1-16,25H. The number of ether oxygens (including phenoxy) is 1. The Bertz CT molecular complexity index is 1090. The van der Waals surface area contributed by atoms with Gasteiger partial charge in [-0.1, -0.05) is 60.3 Å². The molecule has 5 rings (SSSR count). The lowest BCUT2D eigenvalue weighted by atomic mass is 10.1. The van der Waals surface area contributed by atoms with Crippen LogP contribution in [0.3, 0.4) is 0 Å². The molecule has 1 aliphatic rings.